The summed E-state index contributed by atoms with van der Waals surface area (Å²) in [7, 11) is 0. The van der Waals surface area contributed by atoms with Crippen molar-refractivity contribution in [3.8, 4) is 5.75 Å². The summed E-state index contributed by atoms with van der Waals surface area (Å²) in [6, 6.07) is 22.3. The largest absolute Gasteiger partial charge is 0.492 e. The van der Waals surface area contributed by atoms with Gasteiger partial charge in [0, 0.05) is 5.69 Å². The molecule has 0 spiro atoms. The normalized spacial score (nSPS) is 13.7. The van der Waals surface area contributed by atoms with Crippen molar-refractivity contribution in [1.29, 1.82) is 0 Å². The van der Waals surface area contributed by atoms with Crippen LogP contribution in [0, 0.1) is 13.8 Å². The van der Waals surface area contributed by atoms with Gasteiger partial charge in [0.2, 0.25) is 0 Å². The Morgan fingerprint density at radius 3 is 2.26 bits per heavy atom. The van der Waals surface area contributed by atoms with Crippen LogP contribution in [0.15, 0.2) is 78.5 Å². The molecule has 0 bridgehead atoms. The molecule has 0 saturated heterocycles. The van der Waals surface area contributed by atoms with Crippen LogP contribution in [0.4, 0.5) is 11.4 Å². The van der Waals surface area contributed by atoms with Gasteiger partial charge in [-0.25, -0.2) is 4.90 Å². The van der Waals surface area contributed by atoms with Gasteiger partial charge < -0.3 is 10.1 Å². The van der Waals surface area contributed by atoms with Gasteiger partial charge in [0.15, 0.2) is 0 Å². The molecular weight excluding hydrogens is 388 g/mol. The Morgan fingerprint density at radius 1 is 0.839 bits per heavy atom. The van der Waals surface area contributed by atoms with Crippen LogP contribution >= 0.6 is 0 Å². The predicted octanol–water partition coefficient (Wildman–Crippen LogP) is 5.10. The fraction of sp³-hybridized carbons (Fsp3) is 0.154. The molecule has 0 aliphatic carbocycles. The second-order valence-corrected chi connectivity index (χ2v) is 7.39. The minimum absolute atomic E-state index is 0.255. The second-order valence-electron chi connectivity index (χ2n) is 7.39. The van der Waals surface area contributed by atoms with Crippen LogP contribution in [-0.2, 0) is 9.59 Å². The van der Waals surface area contributed by atoms with E-state index >= 15 is 0 Å². The van der Waals surface area contributed by atoms with E-state index in [4.69, 9.17) is 4.74 Å². The number of rotatable bonds is 6. The van der Waals surface area contributed by atoms with E-state index < -0.39 is 5.91 Å². The van der Waals surface area contributed by atoms with Crippen LogP contribution in [0.3, 0.4) is 0 Å². The Hall–Kier alpha value is -3.86. The molecule has 0 fully saturated rings. The van der Waals surface area contributed by atoms with Gasteiger partial charge in [0.05, 0.1) is 17.9 Å². The maximum Gasteiger partial charge on any atom is 0.282 e. The lowest BCUT2D eigenvalue weighted by Crippen LogP contribution is -2.32. The van der Waals surface area contributed by atoms with Gasteiger partial charge in [-0.15, -0.1) is 0 Å². The van der Waals surface area contributed by atoms with Crippen LogP contribution in [0.5, 0.6) is 5.75 Å². The molecule has 1 N–H and O–H groups in total. The first-order valence-electron chi connectivity index (χ1n) is 10.3. The fourth-order valence-electron chi connectivity index (χ4n) is 3.61. The zero-order valence-corrected chi connectivity index (χ0v) is 17.8. The first-order valence-corrected chi connectivity index (χ1v) is 10.3. The zero-order chi connectivity index (χ0) is 22.0. The summed E-state index contributed by atoms with van der Waals surface area (Å²) in [5, 5.41) is 3.18. The summed E-state index contributed by atoms with van der Waals surface area (Å²) in [4.78, 5) is 28.4. The van der Waals surface area contributed by atoms with Gasteiger partial charge in [-0.2, -0.15) is 0 Å². The Kier molecular flexibility index (Phi) is 5.58. The number of amides is 2. The Morgan fingerprint density at radius 2 is 1.55 bits per heavy atom. The average molecular weight is 412 g/mol. The van der Waals surface area contributed by atoms with Gasteiger partial charge in [0.25, 0.3) is 11.8 Å². The number of hydrogen-bond acceptors (Lipinski definition) is 4. The number of ether oxygens (including phenoxy) is 1. The molecule has 156 valence electrons. The number of anilines is 2. The standard InChI is InChI=1S/C26H24N2O3/c1-4-31-22-13-9-8-12-21(22)28-25(29)23(19-15-14-17(2)18(3)16-19)24(26(28)30)27-20-10-6-5-7-11-20/h5-16,27H,4H2,1-3H3. The highest BCUT2D eigenvalue weighted by Gasteiger charge is 2.41. The molecule has 3 aromatic rings. The average Bonchev–Trinajstić information content (AvgIpc) is 3.01. The van der Waals surface area contributed by atoms with Crippen LogP contribution in [0.2, 0.25) is 0 Å². The number of carbonyl (C=O) groups excluding carboxylic acids is 2. The molecule has 5 nitrogen and oxygen atoms in total. The molecule has 0 atom stereocenters. The third-order valence-corrected chi connectivity index (χ3v) is 5.33. The maximum absolute atomic E-state index is 13.6. The summed E-state index contributed by atoms with van der Waals surface area (Å²) in [6.45, 7) is 6.31. The number of nitrogens with one attached hydrogen (secondary N) is 1. The zero-order valence-electron chi connectivity index (χ0n) is 17.8. The quantitative estimate of drug-likeness (QED) is 0.573. The van der Waals surface area contributed by atoms with Gasteiger partial charge in [-0.05, 0) is 61.7 Å². The van der Waals surface area contributed by atoms with Gasteiger partial charge in [-0.1, -0.05) is 48.5 Å². The molecular formula is C26H24N2O3. The van der Waals surface area contributed by atoms with Crippen molar-refractivity contribution in [3.63, 3.8) is 0 Å². The third kappa shape index (κ3) is 3.82. The van der Waals surface area contributed by atoms with E-state index in [0.717, 1.165) is 16.8 Å². The number of carbonyl (C=O) groups is 2. The number of benzene rings is 3. The fourth-order valence-corrected chi connectivity index (χ4v) is 3.61. The van der Waals surface area contributed by atoms with Gasteiger partial charge in [0.1, 0.15) is 11.4 Å². The lowest BCUT2D eigenvalue weighted by Gasteiger charge is -2.19. The molecule has 0 unspecified atom stereocenters. The van der Waals surface area contributed by atoms with Crippen molar-refractivity contribution in [3.05, 3.63) is 95.2 Å². The van der Waals surface area contributed by atoms with Crippen molar-refractivity contribution in [2.45, 2.75) is 20.8 Å². The number of para-hydroxylation sites is 3. The van der Waals surface area contributed by atoms with E-state index in [1.54, 1.807) is 18.2 Å². The van der Waals surface area contributed by atoms with Crippen LogP contribution in [0.25, 0.3) is 5.57 Å². The van der Waals surface area contributed by atoms with Crippen molar-refractivity contribution in [2.24, 2.45) is 0 Å². The van der Waals surface area contributed by atoms with Crippen molar-refractivity contribution in [2.75, 3.05) is 16.8 Å². The molecule has 0 radical (unpaired) electrons. The molecule has 1 aliphatic heterocycles. The topological polar surface area (TPSA) is 58.6 Å². The van der Waals surface area contributed by atoms with Gasteiger partial charge >= 0.3 is 0 Å². The predicted molar refractivity (Wildman–Crippen MR) is 123 cm³/mol. The molecule has 1 aliphatic rings. The number of imide groups is 1. The summed E-state index contributed by atoms with van der Waals surface area (Å²) in [5.74, 6) is -0.292. The van der Waals surface area contributed by atoms with Crippen molar-refractivity contribution in [1.82, 2.24) is 0 Å². The summed E-state index contributed by atoms with van der Waals surface area (Å²) < 4.78 is 5.69. The monoisotopic (exact) mass is 412 g/mol. The Labute approximate surface area is 182 Å². The van der Waals surface area contributed by atoms with E-state index in [9.17, 15) is 9.59 Å². The molecule has 5 heteroatoms. The van der Waals surface area contributed by atoms with Crippen LogP contribution < -0.4 is 15.0 Å². The van der Waals surface area contributed by atoms with Crippen LogP contribution in [0.1, 0.15) is 23.6 Å². The van der Waals surface area contributed by atoms with E-state index in [1.165, 1.54) is 4.90 Å². The molecule has 1 heterocycles. The second kappa shape index (κ2) is 8.48. The Bertz CT molecular complexity index is 1180. The van der Waals surface area contributed by atoms with E-state index in [1.807, 2.05) is 75.4 Å². The number of hydrogen-bond donors (Lipinski definition) is 1. The highest BCUT2D eigenvalue weighted by molar-refractivity contribution is 6.46. The molecule has 2 amide bonds. The minimum atomic E-state index is -0.408. The highest BCUT2D eigenvalue weighted by Crippen LogP contribution is 2.38. The van der Waals surface area contributed by atoms with E-state index in [2.05, 4.69) is 5.32 Å². The smallest absolute Gasteiger partial charge is 0.282 e. The third-order valence-electron chi connectivity index (χ3n) is 5.33. The van der Waals surface area contributed by atoms with E-state index in [-0.39, 0.29) is 11.6 Å². The SMILES string of the molecule is CCOc1ccccc1N1C(=O)C(Nc2ccccc2)=C(c2ccc(C)c(C)c2)C1=O. The first-order chi connectivity index (χ1) is 15.0. The molecule has 31 heavy (non-hydrogen) atoms. The number of aryl methyl sites for hydroxylation is 2. The Balaban J connectivity index is 1.85. The first kappa shape index (κ1) is 20.4. The van der Waals surface area contributed by atoms with Crippen LogP contribution in [-0.4, -0.2) is 18.4 Å². The molecule has 3 aromatic carbocycles. The minimum Gasteiger partial charge on any atom is -0.492 e. The lowest BCUT2D eigenvalue weighted by atomic mass is 9.99. The molecule has 0 saturated carbocycles. The highest BCUT2D eigenvalue weighted by atomic mass is 16.5. The molecule has 4 rings (SSSR count). The summed E-state index contributed by atoms with van der Waals surface area (Å²) in [5.41, 5.74) is 4.66. The van der Waals surface area contributed by atoms with Crippen molar-refractivity contribution >= 4 is 28.8 Å². The summed E-state index contributed by atoms with van der Waals surface area (Å²) >= 11 is 0. The van der Waals surface area contributed by atoms with E-state index in [0.29, 0.717) is 29.2 Å². The maximum atomic E-state index is 13.6. The summed E-state index contributed by atoms with van der Waals surface area (Å²) in [6.07, 6.45) is 0. The molecule has 0 aromatic heterocycles. The van der Waals surface area contributed by atoms with Gasteiger partial charge in [-0.3, -0.25) is 9.59 Å². The number of nitrogens with zero attached hydrogens (tertiary/aromatic N) is 1. The lowest BCUT2D eigenvalue weighted by molar-refractivity contribution is -0.120. The van der Waals surface area contributed by atoms with Crippen molar-refractivity contribution < 1.29 is 14.3 Å².